The topological polar surface area (TPSA) is 111 Å². The third-order valence-corrected chi connectivity index (χ3v) is 15.4. The van der Waals surface area contributed by atoms with Crippen molar-refractivity contribution in [3.05, 3.63) is 140 Å². The Bertz CT molecular complexity index is 2730. The van der Waals surface area contributed by atoms with Gasteiger partial charge in [-0.2, -0.15) is 26.3 Å². The maximum Gasteiger partial charge on any atom is 0.416 e. The van der Waals surface area contributed by atoms with E-state index >= 15 is 0 Å². The number of hydrogen-bond donors (Lipinski definition) is 1. The Kier molecular flexibility index (Phi) is 20.7. The molecule has 1 heterocycles. The van der Waals surface area contributed by atoms with Crippen molar-refractivity contribution in [2.75, 3.05) is 26.2 Å². The molecule has 1 unspecified atom stereocenters. The van der Waals surface area contributed by atoms with Crippen LogP contribution in [0.1, 0.15) is 191 Å². The summed E-state index contributed by atoms with van der Waals surface area (Å²) < 4.78 is 96.3. The molecule has 3 aliphatic rings. The Balaban J connectivity index is 0.878. The van der Waals surface area contributed by atoms with Crippen LogP contribution in [0.15, 0.2) is 83.1 Å². The van der Waals surface area contributed by atoms with Crippen molar-refractivity contribution in [3.63, 3.8) is 0 Å². The minimum absolute atomic E-state index is 0.0747. The van der Waals surface area contributed by atoms with E-state index in [1.54, 1.807) is 58.9 Å². The minimum Gasteiger partial charge on any atom is -0.464 e. The fraction of sp³-hybridized carbons (Fsp3) is 0.548. The number of hydrogen-bond acceptors (Lipinski definition) is 10. The highest BCUT2D eigenvalue weighted by atomic mass is 19.4. The van der Waals surface area contributed by atoms with Gasteiger partial charge in [0, 0.05) is 32.7 Å². The normalized spacial score (nSPS) is 17.1. The number of ether oxygens (including phenoxy) is 2. The van der Waals surface area contributed by atoms with Gasteiger partial charge in [0.15, 0.2) is 0 Å². The molecule has 10 nitrogen and oxygen atoms in total. The summed E-state index contributed by atoms with van der Waals surface area (Å²) >= 11 is 0. The molecule has 4 aromatic carbocycles. The van der Waals surface area contributed by atoms with Crippen LogP contribution in [0.4, 0.5) is 26.3 Å². The molecule has 0 radical (unpaired) electrons. The number of aryl methyl sites for hydroxylation is 2. The zero-order chi connectivity index (χ0) is 56.2. The lowest BCUT2D eigenvalue weighted by molar-refractivity contribution is -0.166. The molecule has 7 rings (SSSR count). The van der Waals surface area contributed by atoms with Crippen molar-refractivity contribution in [1.29, 1.82) is 0 Å². The summed E-state index contributed by atoms with van der Waals surface area (Å²) in [7, 11) is 0. The number of alkyl halides is 6. The van der Waals surface area contributed by atoms with Gasteiger partial charge in [0.1, 0.15) is 31.3 Å². The van der Waals surface area contributed by atoms with Gasteiger partial charge in [0.05, 0.1) is 28.5 Å². The molecule has 2 saturated carbocycles. The second-order valence-electron chi connectivity index (χ2n) is 22.5. The van der Waals surface area contributed by atoms with Gasteiger partial charge in [0.2, 0.25) is 0 Å². The van der Waals surface area contributed by atoms with E-state index in [9.17, 15) is 35.9 Å². The Morgan fingerprint density at radius 3 is 1.58 bits per heavy atom. The molecule has 0 bridgehead atoms. The lowest BCUT2D eigenvalue weighted by Gasteiger charge is -2.38. The van der Waals surface area contributed by atoms with E-state index in [4.69, 9.17) is 19.1 Å². The maximum atomic E-state index is 14.1. The van der Waals surface area contributed by atoms with Gasteiger partial charge in [-0.25, -0.2) is 0 Å². The van der Waals surface area contributed by atoms with Crippen molar-refractivity contribution in [3.8, 4) is 0 Å². The van der Waals surface area contributed by atoms with E-state index in [-0.39, 0.29) is 50.1 Å². The Labute approximate surface area is 456 Å². The molecule has 1 N–H and O–H groups in total. The predicted molar refractivity (Wildman–Crippen MR) is 291 cm³/mol. The van der Waals surface area contributed by atoms with Gasteiger partial charge in [-0.05, 0) is 165 Å². The van der Waals surface area contributed by atoms with Crippen LogP contribution in [0.2, 0.25) is 0 Å². The highest BCUT2D eigenvalue weighted by Gasteiger charge is 2.38. The highest BCUT2D eigenvalue weighted by Crippen LogP contribution is 2.43. The number of oxime groups is 2. The van der Waals surface area contributed by atoms with Gasteiger partial charge >= 0.3 is 24.3 Å². The van der Waals surface area contributed by atoms with Crippen molar-refractivity contribution in [2.24, 2.45) is 22.1 Å². The first kappa shape index (κ1) is 59.9. The Hall–Kier alpha value is -5.74. The fourth-order valence-corrected chi connectivity index (χ4v) is 11.0. The molecule has 0 aromatic heterocycles. The van der Waals surface area contributed by atoms with E-state index in [0.717, 1.165) is 104 Å². The summed E-state index contributed by atoms with van der Waals surface area (Å²) in [6.45, 7) is 14.9. The van der Waals surface area contributed by atoms with E-state index in [0.29, 0.717) is 66.3 Å². The smallest absolute Gasteiger partial charge is 0.416 e. The molecule has 3 fully saturated rings. The van der Waals surface area contributed by atoms with Gasteiger partial charge in [-0.15, -0.1) is 0 Å². The third-order valence-electron chi connectivity index (χ3n) is 15.4. The predicted octanol–water partition coefficient (Wildman–Crippen LogP) is 14.5. The molecule has 2 aliphatic carbocycles. The first-order chi connectivity index (χ1) is 37.1. The standard InChI is InChI=1S/C62H78F6N4O6/c1-8-44-30-48(40(3)70-76-37-42-20-26-54(46-16-12-10-13-17-46)56(28-42)61(63,64)65)22-24-50(44)32-69-33-52(59(74)78-60(5,6)7)39-75-58(73)53-35-72(36-53)34-51-25-23-49(31-45(51)9-2)41(4)71-77-38-43-21-27-55(47-18-14-11-15-19-47)57(29-43)62(66,67)68/h20-31,46-47,52-53,69H,8-19,32-39H2,1-7H3/b70-40+,71-41+. The molecule has 1 aliphatic heterocycles. The van der Waals surface area contributed by atoms with Crippen LogP contribution in [0.3, 0.4) is 0 Å². The van der Waals surface area contributed by atoms with E-state index < -0.39 is 41.0 Å². The second kappa shape index (κ2) is 26.9. The van der Waals surface area contributed by atoms with E-state index in [2.05, 4.69) is 27.5 Å². The number of nitrogens with one attached hydrogen (secondary N) is 1. The van der Waals surface area contributed by atoms with Crippen molar-refractivity contribution >= 4 is 23.4 Å². The first-order valence-corrected chi connectivity index (χ1v) is 27.9. The summed E-state index contributed by atoms with van der Waals surface area (Å²) in [5.41, 5.74) is 6.68. The van der Waals surface area contributed by atoms with Crippen molar-refractivity contribution in [1.82, 2.24) is 10.2 Å². The molecular weight excluding hydrogens is 1010 g/mol. The summed E-state index contributed by atoms with van der Waals surface area (Å²) in [5.74, 6) is -2.13. The number of carbonyl (C=O) groups excluding carboxylic acids is 2. The maximum absolute atomic E-state index is 14.1. The summed E-state index contributed by atoms with van der Waals surface area (Å²) in [6.07, 6.45) is 1.53. The molecule has 0 amide bonds. The van der Waals surface area contributed by atoms with Crippen LogP contribution in [-0.4, -0.2) is 60.1 Å². The van der Waals surface area contributed by atoms with Crippen molar-refractivity contribution < 1.29 is 55.1 Å². The van der Waals surface area contributed by atoms with Crippen LogP contribution < -0.4 is 5.32 Å². The Morgan fingerprint density at radius 1 is 0.641 bits per heavy atom. The van der Waals surface area contributed by atoms with Crippen LogP contribution in [-0.2, 0) is 80.2 Å². The molecule has 0 spiro atoms. The Morgan fingerprint density at radius 2 is 1.12 bits per heavy atom. The van der Waals surface area contributed by atoms with Crippen LogP contribution >= 0.6 is 0 Å². The molecule has 1 atom stereocenters. The van der Waals surface area contributed by atoms with Gasteiger partial charge in [0.25, 0.3) is 0 Å². The zero-order valence-electron chi connectivity index (χ0n) is 46.4. The molecule has 16 heteroatoms. The lowest BCUT2D eigenvalue weighted by Crippen LogP contribution is -2.50. The molecule has 424 valence electrons. The summed E-state index contributed by atoms with van der Waals surface area (Å²) in [4.78, 5) is 40.1. The average molecular weight is 1090 g/mol. The average Bonchev–Trinajstić information content (AvgIpc) is 3.43. The second-order valence-corrected chi connectivity index (χ2v) is 22.5. The zero-order valence-corrected chi connectivity index (χ0v) is 46.4. The van der Waals surface area contributed by atoms with E-state index in [1.807, 2.05) is 43.3 Å². The lowest BCUT2D eigenvalue weighted by atomic mass is 9.81. The minimum atomic E-state index is -4.46. The molecule has 1 saturated heterocycles. The van der Waals surface area contributed by atoms with Gasteiger partial charge in [-0.1, -0.05) is 111 Å². The number of benzene rings is 4. The monoisotopic (exact) mass is 1090 g/mol. The number of nitrogens with zero attached hydrogens (tertiary/aromatic N) is 3. The van der Waals surface area contributed by atoms with Crippen LogP contribution in [0, 0.1) is 11.8 Å². The van der Waals surface area contributed by atoms with Gasteiger partial charge in [-0.3, -0.25) is 14.5 Å². The number of rotatable bonds is 22. The van der Waals surface area contributed by atoms with E-state index in [1.165, 1.54) is 12.1 Å². The van der Waals surface area contributed by atoms with Crippen LogP contribution in [0.5, 0.6) is 0 Å². The SMILES string of the molecule is CCc1cc(/C(C)=N/OCc2ccc(C3CCCCC3)c(C(F)(F)F)c2)ccc1CNCC(COC(=O)C1CN(Cc2ccc(/C(C)=N/OCc3ccc(C4CCCCC4)c(C(F)(F)F)c3)cc2CC)C1)C(=O)OC(C)(C)C. The number of esters is 2. The summed E-state index contributed by atoms with van der Waals surface area (Å²) in [5, 5.41) is 11.9. The fourth-order valence-electron chi connectivity index (χ4n) is 11.0. The number of halogens is 6. The van der Waals surface area contributed by atoms with Crippen LogP contribution in [0.25, 0.3) is 0 Å². The quantitative estimate of drug-likeness (QED) is 0.0359. The van der Waals surface area contributed by atoms with Crippen molar-refractivity contribution in [2.45, 2.75) is 182 Å². The third kappa shape index (κ3) is 16.7. The molecule has 78 heavy (non-hydrogen) atoms. The summed E-state index contributed by atoms with van der Waals surface area (Å²) in [6, 6.07) is 20.9. The number of likely N-dealkylation sites (tertiary alicyclic amines) is 1. The van der Waals surface area contributed by atoms with Gasteiger partial charge < -0.3 is 24.5 Å². The first-order valence-electron chi connectivity index (χ1n) is 27.9. The number of carbonyl (C=O) groups is 2. The molecular formula is C62H78F6N4O6. The largest absolute Gasteiger partial charge is 0.464 e. The molecule has 4 aromatic rings. The highest BCUT2D eigenvalue weighted by molar-refractivity contribution is 5.99.